The van der Waals surface area contributed by atoms with E-state index < -0.39 is 9.84 Å². The van der Waals surface area contributed by atoms with Crippen LogP contribution in [0.2, 0.25) is 0 Å². The van der Waals surface area contributed by atoms with E-state index in [9.17, 15) is 13.2 Å². The topological polar surface area (TPSA) is 106 Å². The Kier molecular flexibility index (Phi) is 6.15. The number of benzene rings is 1. The van der Waals surface area contributed by atoms with Gasteiger partial charge in [0.15, 0.2) is 21.3 Å². The molecule has 1 aromatic carbocycles. The molecule has 1 atom stereocenters. The molecule has 10 nitrogen and oxygen atoms in total. The molecule has 1 aromatic heterocycles. The minimum absolute atomic E-state index is 0.0623. The minimum Gasteiger partial charge on any atom is -0.486 e. The van der Waals surface area contributed by atoms with Gasteiger partial charge in [-0.2, -0.15) is 5.10 Å². The zero-order chi connectivity index (χ0) is 23.9. The number of nitrogens with one attached hydrogen (secondary N) is 1. The molecule has 5 rings (SSSR count). The molecule has 184 valence electrons. The van der Waals surface area contributed by atoms with E-state index in [1.807, 2.05) is 30.7 Å². The number of anilines is 2. The number of amides is 1. The van der Waals surface area contributed by atoms with Crippen molar-refractivity contribution in [3.8, 4) is 11.5 Å². The second-order valence-corrected chi connectivity index (χ2v) is 11.4. The maximum Gasteiger partial charge on any atom is 0.238 e. The molecule has 0 aliphatic carbocycles. The summed E-state index contributed by atoms with van der Waals surface area (Å²) in [6, 6.07) is 5.35. The number of ether oxygens (including phenoxy) is 2. The van der Waals surface area contributed by atoms with Crippen molar-refractivity contribution in [1.29, 1.82) is 0 Å². The number of carbonyl (C=O) groups excluding carboxylic acids is 1. The van der Waals surface area contributed by atoms with Crippen LogP contribution in [0.3, 0.4) is 0 Å². The van der Waals surface area contributed by atoms with Gasteiger partial charge in [0.2, 0.25) is 5.91 Å². The third kappa shape index (κ3) is 4.72. The molecule has 1 amide bonds. The molecular weight excluding hydrogens is 458 g/mol. The lowest BCUT2D eigenvalue weighted by Crippen LogP contribution is -2.49. The van der Waals surface area contributed by atoms with Gasteiger partial charge in [-0.1, -0.05) is 0 Å². The monoisotopic (exact) mass is 489 g/mol. The summed E-state index contributed by atoms with van der Waals surface area (Å²) in [6.45, 7) is 8.45. The van der Waals surface area contributed by atoms with E-state index in [2.05, 4.69) is 15.1 Å². The standard InChI is InChI=1S/C23H31N5O5S/c1-16-23(17(2)28(25-16)19-5-12-34(30,31)15-19)27-8-6-26(7-9-27)14-22(29)24-18-3-4-20-21(13-18)33-11-10-32-20/h3-4,13,19H,5-12,14-15H2,1-2H3,(H,24,29). The number of hydrogen-bond donors (Lipinski definition) is 1. The van der Waals surface area contributed by atoms with Crippen molar-refractivity contribution in [2.45, 2.75) is 26.3 Å². The van der Waals surface area contributed by atoms with Crippen LogP contribution < -0.4 is 19.7 Å². The summed E-state index contributed by atoms with van der Waals surface area (Å²) in [5.74, 6) is 1.69. The third-order valence-electron chi connectivity index (χ3n) is 6.72. The summed E-state index contributed by atoms with van der Waals surface area (Å²) in [5.41, 5.74) is 3.72. The Labute approximate surface area is 199 Å². The SMILES string of the molecule is Cc1nn(C2CCS(=O)(=O)C2)c(C)c1N1CCN(CC(=O)Nc2ccc3c(c2)OCCO3)CC1. The fourth-order valence-electron chi connectivity index (χ4n) is 5.09. The molecule has 11 heteroatoms. The summed E-state index contributed by atoms with van der Waals surface area (Å²) in [5, 5.41) is 7.64. The summed E-state index contributed by atoms with van der Waals surface area (Å²) in [6.07, 6.45) is 0.621. The van der Waals surface area contributed by atoms with Gasteiger partial charge in [0.05, 0.1) is 41.2 Å². The van der Waals surface area contributed by atoms with E-state index in [0.717, 1.165) is 43.3 Å². The van der Waals surface area contributed by atoms with Crippen LogP contribution in [0.4, 0.5) is 11.4 Å². The smallest absolute Gasteiger partial charge is 0.238 e. The predicted octanol–water partition coefficient (Wildman–Crippen LogP) is 1.39. The Morgan fingerprint density at radius 1 is 1.12 bits per heavy atom. The van der Waals surface area contributed by atoms with Crippen LogP contribution >= 0.6 is 0 Å². The second kappa shape index (κ2) is 9.10. The van der Waals surface area contributed by atoms with Gasteiger partial charge in [-0.3, -0.25) is 14.4 Å². The fraction of sp³-hybridized carbons (Fsp3) is 0.565. The van der Waals surface area contributed by atoms with E-state index >= 15 is 0 Å². The second-order valence-electron chi connectivity index (χ2n) is 9.19. The first kappa shape index (κ1) is 23.0. The van der Waals surface area contributed by atoms with E-state index in [-0.39, 0.29) is 23.5 Å². The zero-order valence-corrected chi connectivity index (χ0v) is 20.4. The van der Waals surface area contributed by atoms with Crippen molar-refractivity contribution in [1.82, 2.24) is 14.7 Å². The van der Waals surface area contributed by atoms with Crippen LogP contribution in [0.1, 0.15) is 23.9 Å². The molecular formula is C23H31N5O5S. The van der Waals surface area contributed by atoms with Crippen molar-refractivity contribution in [3.63, 3.8) is 0 Å². The fourth-order valence-corrected chi connectivity index (χ4v) is 6.78. The van der Waals surface area contributed by atoms with E-state index in [4.69, 9.17) is 14.6 Å². The van der Waals surface area contributed by atoms with Gasteiger partial charge >= 0.3 is 0 Å². The molecule has 2 saturated heterocycles. The average Bonchev–Trinajstić information content (AvgIpc) is 3.32. The van der Waals surface area contributed by atoms with E-state index in [0.29, 0.717) is 43.4 Å². The lowest BCUT2D eigenvalue weighted by atomic mass is 10.2. The number of aryl methyl sites for hydroxylation is 1. The van der Waals surface area contributed by atoms with Crippen molar-refractivity contribution < 1.29 is 22.7 Å². The summed E-state index contributed by atoms with van der Waals surface area (Å²) in [7, 11) is -2.97. The molecule has 0 saturated carbocycles. The molecule has 0 bridgehead atoms. The van der Waals surface area contributed by atoms with Gasteiger partial charge in [0.25, 0.3) is 0 Å². The molecule has 2 fully saturated rings. The summed E-state index contributed by atoms with van der Waals surface area (Å²) < 4.78 is 36.9. The van der Waals surface area contributed by atoms with Crippen LogP contribution in [0.15, 0.2) is 18.2 Å². The highest BCUT2D eigenvalue weighted by Gasteiger charge is 2.33. The van der Waals surface area contributed by atoms with Gasteiger partial charge in [0, 0.05) is 37.9 Å². The van der Waals surface area contributed by atoms with E-state index in [1.165, 1.54) is 0 Å². The first-order valence-electron chi connectivity index (χ1n) is 11.7. The average molecular weight is 490 g/mol. The predicted molar refractivity (Wildman–Crippen MR) is 129 cm³/mol. The molecule has 1 unspecified atom stereocenters. The molecule has 4 heterocycles. The number of aromatic nitrogens is 2. The molecule has 0 spiro atoms. The lowest BCUT2D eigenvalue weighted by Gasteiger charge is -2.36. The highest BCUT2D eigenvalue weighted by Crippen LogP contribution is 2.33. The van der Waals surface area contributed by atoms with Crippen LogP contribution in [0.5, 0.6) is 11.5 Å². The van der Waals surface area contributed by atoms with Crippen molar-refractivity contribution in [3.05, 3.63) is 29.6 Å². The van der Waals surface area contributed by atoms with Crippen molar-refractivity contribution >= 4 is 27.1 Å². The van der Waals surface area contributed by atoms with Gasteiger partial charge < -0.3 is 19.7 Å². The van der Waals surface area contributed by atoms with Gasteiger partial charge in [-0.25, -0.2) is 8.42 Å². The molecule has 34 heavy (non-hydrogen) atoms. The van der Waals surface area contributed by atoms with Crippen molar-refractivity contribution in [2.75, 3.05) is 67.7 Å². The number of carbonyl (C=O) groups is 1. The number of hydrogen-bond acceptors (Lipinski definition) is 8. The normalized spacial score (nSPS) is 22.1. The molecule has 1 N–H and O–H groups in total. The Morgan fingerprint density at radius 3 is 2.56 bits per heavy atom. The quantitative estimate of drug-likeness (QED) is 0.672. The van der Waals surface area contributed by atoms with Gasteiger partial charge in [0.1, 0.15) is 13.2 Å². The number of sulfone groups is 1. The maximum atomic E-state index is 12.6. The van der Waals surface area contributed by atoms with Crippen LogP contribution in [-0.4, -0.2) is 86.4 Å². The molecule has 0 radical (unpaired) electrons. The van der Waals surface area contributed by atoms with Crippen LogP contribution in [-0.2, 0) is 14.6 Å². The first-order valence-corrected chi connectivity index (χ1v) is 13.5. The summed E-state index contributed by atoms with van der Waals surface area (Å²) in [4.78, 5) is 17.1. The first-order chi connectivity index (χ1) is 16.3. The lowest BCUT2D eigenvalue weighted by molar-refractivity contribution is -0.117. The third-order valence-corrected chi connectivity index (χ3v) is 8.47. The largest absolute Gasteiger partial charge is 0.486 e. The number of rotatable bonds is 5. The Morgan fingerprint density at radius 2 is 1.85 bits per heavy atom. The summed E-state index contributed by atoms with van der Waals surface area (Å²) >= 11 is 0. The Hall–Kier alpha value is -2.79. The number of nitrogens with zero attached hydrogens (tertiary/aromatic N) is 4. The molecule has 3 aliphatic heterocycles. The molecule has 3 aliphatic rings. The van der Waals surface area contributed by atoms with Gasteiger partial charge in [-0.15, -0.1) is 0 Å². The highest BCUT2D eigenvalue weighted by molar-refractivity contribution is 7.91. The number of fused-ring (bicyclic) bond motifs is 1. The number of piperazine rings is 1. The van der Waals surface area contributed by atoms with Crippen LogP contribution in [0, 0.1) is 13.8 Å². The van der Waals surface area contributed by atoms with Crippen molar-refractivity contribution in [2.24, 2.45) is 0 Å². The minimum atomic E-state index is -2.97. The zero-order valence-electron chi connectivity index (χ0n) is 19.6. The Bertz CT molecular complexity index is 1190. The van der Waals surface area contributed by atoms with Crippen LogP contribution in [0.25, 0.3) is 0 Å². The van der Waals surface area contributed by atoms with E-state index in [1.54, 1.807) is 6.07 Å². The van der Waals surface area contributed by atoms with Gasteiger partial charge in [-0.05, 0) is 32.4 Å². The highest BCUT2D eigenvalue weighted by atomic mass is 32.2. The Balaban J connectivity index is 1.17. The molecule has 2 aromatic rings. The maximum absolute atomic E-state index is 12.6.